The second-order valence-electron chi connectivity index (χ2n) is 6.39. The maximum atomic E-state index is 12.0. The number of carbonyl (C=O) groups excluding carboxylic acids is 2. The number of thiazole rings is 1. The summed E-state index contributed by atoms with van der Waals surface area (Å²) in [5.41, 5.74) is 4.04. The zero-order valence-corrected chi connectivity index (χ0v) is 16.1. The molecule has 0 spiro atoms. The highest BCUT2D eigenvalue weighted by Gasteiger charge is 2.10. The maximum absolute atomic E-state index is 12.0. The van der Waals surface area contributed by atoms with Gasteiger partial charge in [0.25, 0.3) is 5.91 Å². The molecule has 5 nitrogen and oxygen atoms in total. The van der Waals surface area contributed by atoms with Gasteiger partial charge in [-0.15, -0.1) is 11.3 Å². The molecule has 0 fully saturated rings. The predicted octanol–water partition coefficient (Wildman–Crippen LogP) is 3.72. The number of rotatable bonds is 6. The van der Waals surface area contributed by atoms with E-state index in [4.69, 9.17) is 0 Å². The lowest BCUT2D eigenvalue weighted by molar-refractivity contribution is -0.115. The average molecular weight is 379 g/mol. The number of benzene rings is 2. The Morgan fingerprint density at radius 1 is 0.963 bits per heavy atom. The molecule has 0 bridgehead atoms. The largest absolute Gasteiger partial charge is 0.343 e. The molecule has 0 aliphatic carbocycles. The van der Waals surface area contributed by atoms with Crippen LogP contribution in [0.25, 0.3) is 0 Å². The topological polar surface area (TPSA) is 71.1 Å². The number of nitrogens with one attached hydrogen (secondary N) is 2. The van der Waals surface area contributed by atoms with Gasteiger partial charge in [0.2, 0.25) is 5.91 Å². The smallest absolute Gasteiger partial charge is 0.251 e. The van der Waals surface area contributed by atoms with Crippen LogP contribution in [-0.2, 0) is 11.2 Å². The van der Waals surface area contributed by atoms with Crippen molar-refractivity contribution in [3.63, 3.8) is 0 Å². The molecule has 0 radical (unpaired) electrons. The van der Waals surface area contributed by atoms with Gasteiger partial charge in [0.15, 0.2) is 5.13 Å². The highest BCUT2D eigenvalue weighted by molar-refractivity contribution is 7.15. The number of anilines is 1. The van der Waals surface area contributed by atoms with Gasteiger partial charge in [-0.25, -0.2) is 4.98 Å². The van der Waals surface area contributed by atoms with E-state index < -0.39 is 0 Å². The van der Waals surface area contributed by atoms with E-state index in [9.17, 15) is 9.59 Å². The van der Waals surface area contributed by atoms with E-state index in [2.05, 4.69) is 46.8 Å². The molecule has 0 unspecified atom stereocenters. The molecule has 0 saturated carbocycles. The molecule has 6 heteroatoms. The molecule has 1 heterocycles. The molecular weight excluding hydrogens is 358 g/mol. The van der Waals surface area contributed by atoms with E-state index in [1.165, 1.54) is 22.5 Å². The molecular formula is C21H21N3O2S. The fourth-order valence-corrected chi connectivity index (χ4v) is 3.35. The molecule has 0 saturated heterocycles. The minimum Gasteiger partial charge on any atom is -0.343 e. The van der Waals surface area contributed by atoms with E-state index in [0.29, 0.717) is 10.7 Å². The quantitative estimate of drug-likeness (QED) is 0.686. The van der Waals surface area contributed by atoms with Gasteiger partial charge >= 0.3 is 0 Å². The zero-order valence-electron chi connectivity index (χ0n) is 15.3. The molecule has 2 N–H and O–H groups in total. The Labute approximate surface area is 162 Å². The Balaban J connectivity index is 1.49. The van der Waals surface area contributed by atoms with Crippen LogP contribution in [0.1, 0.15) is 31.9 Å². The Morgan fingerprint density at radius 2 is 1.59 bits per heavy atom. The number of aryl methyl sites for hydroxylation is 2. The van der Waals surface area contributed by atoms with Gasteiger partial charge in [-0.05, 0) is 31.5 Å². The first-order valence-electron chi connectivity index (χ1n) is 8.64. The third-order valence-corrected chi connectivity index (χ3v) is 4.93. The summed E-state index contributed by atoms with van der Waals surface area (Å²) in [6.45, 7) is 3.91. The van der Waals surface area contributed by atoms with Crippen molar-refractivity contribution in [1.82, 2.24) is 10.3 Å². The molecule has 0 aliphatic heterocycles. The third-order valence-electron chi connectivity index (χ3n) is 4.02. The van der Waals surface area contributed by atoms with Gasteiger partial charge in [0.1, 0.15) is 0 Å². The number of hydrogen-bond acceptors (Lipinski definition) is 4. The van der Waals surface area contributed by atoms with Crippen LogP contribution < -0.4 is 10.6 Å². The van der Waals surface area contributed by atoms with Gasteiger partial charge in [0.05, 0.1) is 6.54 Å². The van der Waals surface area contributed by atoms with Crippen LogP contribution >= 0.6 is 11.3 Å². The number of hydrogen-bond donors (Lipinski definition) is 2. The minimum atomic E-state index is -0.299. The summed E-state index contributed by atoms with van der Waals surface area (Å²) in [6, 6.07) is 15.5. The number of amides is 2. The SMILES string of the molecule is Cc1ccc(Cc2cnc(NC(=O)CNC(=O)c3ccc(C)cc3)s2)cc1. The first kappa shape index (κ1) is 18.8. The van der Waals surface area contributed by atoms with Gasteiger partial charge in [-0.3, -0.25) is 9.59 Å². The fraction of sp³-hybridized carbons (Fsp3) is 0.190. The van der Waals surface area contributed by atoms with Crippen LogP contribution in [0.3, 0.4) is 0 Å². The lowest BCUT2D eigenvalue weighted by atomic mass is 10.1. The van der Waals surface area contributed by atoms with Crippen LogP contribution in [0.5, 0.6) is 0 Å². The summed E-state index contributed by atoms with van der Waals surface area (Å²) in [7, 11) is 0. The van der Waals surface area contributed by atoms with E-state index in [0.717, 1.165) is 16.9 Å². The van der Waals surface area contributed by atoms with Crippen molar-refractivity contribution in [3.8, 4) is 0 Å². The summed E-state index contributed by atoms with van der Waals surface area (Å²) < 4.78 is 0. The highest BCUT2D eigenvalue weighted by atomic mass is 32.1. The second-order valence-corrected chi connectivity index (χ2v) is 7.51. The van der Waals surface area contributed by atoms with Crippen LogP contribution in [0.2, 0.25) is 0 Å². The standard InChI is InChI=1S/C21H21N3O2S/c1-14-3-7-16(8-4-14)11-18-12-23-21(27-18)24-19(25)13-22-20(26)17-9-5-15(2)6-10-17/h3-10,12H,11,13H2,1-2H3,(H,22,26)(H,23,24,25). The molecule has 138 valence electrons. The molecule has 1 aromatic heterocycles. The number of nitrogens with zero attached hydrogens (tertiary/aromatic N) is 1. The van der Waals surface area contributed by atoms with Crippen LogP contribution in [0.15, 0.2) is 54.7 Å². The maximum Gasteiger partial charge on any atom is 0.251 e. The molecule has 0 atom stereocenters. The molecule has 2 aromatic carbocycles. The first-order valence-corrected chi connectivity index (χ1v) is 9.46. The van der Waals surface area contributed by atoms with Crippen molar-refractivity contribution in [1.29, 1.82) is 0 Å². The molecule has 27 heavy (non-hydrogen) atoms. The molecule has 2 amide bonds. The summed E-state index contributed by atoms with van der Waals surface area (Å²) in [5.74, 6) is -0.573. The van der Waals surface area contributed by atoms with Crippen molar-refractivity contribution in [2.24, 2.45) is 0 Å². The number of carbonyl (C=O) groups is 2. The molecule has 3 rings (SSSR count). The average Bonchev–Trinajstić information content (AvgIpc) is 3.09. The predicted molar refractivity (Wildman–Crippen MR) is 108 cm³/mol. The number of aromatic nitrogens is 1. The zero-order chi connectivity index (χ0) is 19.2. The molecule has 0 aliphatic rings. The van der Waals surface area contributed by atoms with Crippen molar-refractivity contribution >= 4 is 28.3 Å². The van der Waals surface area contributed by atoms with Gasteiger partial charge in [-0.1, -0.05) is 47.5 Å². The normalized spacial score (nSPS) is 10.4. The van der Waals surface area contributed by atoms with Crippen LogP contribution in [0, 0.1) is 13.8 Å². The lowest BCUT2D eigenvalue weighted by Gasteiger charge is -2.05. The summed E-state index contributed by atoms with van der Waals surface area (Å²) in [5, 5.41) is 5.88. The second kappa shape index (κ2) is 8.60. The van der Waals surface area contributed by atoms with Crippen LogP contribution in [-0.4, -0.2) is 23.3 Å². The van der Waals surface area contributed by atoms with Crippen molar-refractivity contribution in [2.45, 2.75) is 20.3 Å². The van der Waals surface area contributed by atoms with E-state index in [-0.39, 0.29) is 18.4 Å². The summed E-state index contributed by atoms with van der Waals surface area (Å²) in [6.07, 6.45) is 2.54. The van der Waals surface area contributed by atoms with Crippen molar-refractivity contribution in [2.75, 3.05) is 11.9 Å². The Bertz CT molecular complexity index is 931. The van der Waals surface area contributed by atoms with Gasteiger partial charge in [-0.2, -0.15) is 0 Å². The minimum absolute atomic E-state index is 0.0976. The lowest BCUT2D eigenvalue weighted by Crippen LogP contribution is -2.32. The Kier molecular flexibility index (Phi) is 5.98. The van der Waals surface area contributed by atoms with E-state index in [1.54, 1.807) is 18.3 Å². The fourth-order valence-electron chi connectivity index (χ4n) is 2.49. The van der Waals surface area contributed by atoms with Crippen LogP contribution in [0.4, 0.5) is 5.13 Å². The van der Waals surface area contributed by atoms with Gasteiger partial charge < -0.3 is 10.6 Å². The summed E-state index contributed by atoms with van der Waals surface area (Å²) in [4.78, 5) is 29.4. The highest BCUT2D eigenvalue weighted by Crippen LogP contribution is 2.21. The van der Waals surface area contributed by atoms with Gasteiger partial charge in [0, 0.05) is 23.1 Å². The van der Waals surface area contributed by atoms with E-state index >= 15 is 0 Å². The van der Waals surface area contributed by atoms with Crippen molar-refractivity contribution in [3.05, 3.63) is 81.9 Å². The van der Waals surface area contributed by atoms with Crippen molar-refractivity contribution < 1.29 is 9.59 Å². The molecule has 3 aromatic rings. The summed E-state index contributed by atoms with van der Waals surface area (Å²) >= 11 is 1.44. The third kappa shape index (κ3) is 5.49. The Morgan fingerprint density at radius 3 is 2.26 bits per heavy atom. The monoisotopic (exact) mass is 379 g/mol. The Hall–Kier alpha value is -2.99. The van der Waals surface area contributed by atoms with E-state index in [1.807, 2.05) is 19.1 Å². The first-order chi connectivity index (χ1) is 13.0.